The molecule has 17 heavy (non-hydrogen) atoms. The first-order valence-corrected chi connectivity index (χ1v) is 5.84. The summed E-state index contributed by atoms with van der Waals surface area (Å²) in [6.07, 6.45) is 2.33. The lowest BCUT2D eigenvalue weighted by Gasteiger charge is -2.16. The topological polar surface area (TPSA) is 38.3 Å². The van der Waals surface area contributed by atoms with E-state index in [0.717, 1.165) is 6.42 Å². The highest BCUT2D eigenvalue weighted by Gasteiger charge is 2.11. The van der Waals surface area contributed by atoms with Crippen LogP contribution >= 0.6 is 0 Å². The number of nitrogens with one attached hydrogen (secondary N) is 1. The summed E-state index contributed by atoms with van der Waals surface area (Å²) in [6, 6.07) is 10.1. The summed E-state index contributed by atoms with van der Waals surface area (Å²) < 4.78 is 4.83. The van der Waals surface area contributed by atoms with Crippen molar-refractivity contribution < 1.29 is 9.53 Å². The SMILES string of the molecule is C=CC[C@H](CNC(=O)OCC)c1ccccc1. The molecule has 0 aromatic heterocycles. The highest BCUT2D eigenvalue weighted by Crippen LogP contribution is 2.18. The molecule has 0 radical (unpaired) electrons. The highest BCUT2D eigenvalue weighted by atomic mass is 16.5. The maximum atomic E-state index is 11.2. The Balaban J connectivity index is 2.55. The third-order valence-electron chi connectivity index (χ3n) is 2.49. The largest absolute Gasteiger partial charge is 0.450 e. The number of ether oxygens (including phenoxy) is 1. The second-order valence-corrected chi connectivity index (χ2v) is 3.73. The van der Waals surface area contributed by atoms with E-state index in [1.54, 1.807) is 6.92 Å². The van der Waals surface area contributed by atoms with E-state index < -0.39 is 0 Å². The fraction of sp³-hybridized carbons (Fsp3) is 0.357. The van der Waals surface area contributed by atoms with E-state index in [9.17, 15) is 4.79 Å². The van der Waals surface area contributed by atoms with E-state index in [4.69, 9.17) is 4.74 Å². The van der Waals surface area contributed by atoms with Gasteiger partial charge in [-0.15, -0.1) is 6.58 Å². The van der Waals surface area contributed by atoms with E-state index in [-0.39, 0.29) is 12.0 Å². The van der Waals surface area contributed by atoms with Crippen LogP contribution in [0.2, 0.25) is 0 Å². The van der Waals surface area contributed by atoms with E-state index in [1.165, 1.54) is 5.56 Å². The fourth-order valence-electron chi connectivity index (χ4n) is 1.65. The number of carbonyl (C=O) groups is 1. The second kappa shape index (κ2) is 7.49. The Bertz CT molecular complexity index is 348. The predicted molar refractivity (Wildman–Crippen MR) is 69.0 cm³/mol. The number of hydrogen-bond acceptors (Lipinski definition) is 2. The molecule has 0 aliphatic rings. The summed E-state index contributed by atoms with van der Waals surface area (Å²) >= 11 is 0. The number of benzene rings is 1. The van der Waals surface area contributed by atoms with Crippen molar-refractivity contribution in [2.45, 2.75) is 19.3 Å². The zero-order valence-corrected chi connectivity index (χ0v) is 10.2. The van der Waals surface area contributed by atoms with Crippen molar-refractivity contribution in [1.82, 2.24) is 5.32 Å². The predicted octanol–water partition coefficient (Wildman–Crippen LogP) is 3.09. The molecule has 0 saturated heterocycles. The van der Waals surface area contributed by atoms with Gasteiger partial charge < -0.3 is 10.1 Å². The van der Waals surface area contributed by atoms with Crippen molar-refractivity contribution in [2.24, 2.45) is 0 Å². The maximum absolute atomic E-state index is 11.2. The molecule has 92 valence electrons. The van der Waals surface area contributed by atoms with Crippen LogP contribution in [0.5, 0.6) is 0 Å². The summed E-state index contributed by atoms with van der Waals surface area (Å²) in [4.78, 5) is 11.2. The zero-order valence-electron chi connectivity index (χ0n) is 10.2. The van der Waals surface area contributed by atoms with Gasteiger partial charge in [-0.2, -0.15) is 0 Å². The normalized spacial score (nSPS) is 11.6. The van der Waals surface area contributed by atoms with Crippen LogP contribution in [0, 0.1) is 0 Å². The third-order valence-corrected chi connectivity index (χ3v) is 2.49. The van der Waals surface area contributed by atoms with Gasteiger partial charge in [0, 0.05) is 12.5 Å². The summed E-state index contributed by atoms with van der Waals surface area (Å²) in [5.41, 5.74) is 1.20. The number of allylic oxidation sites excluding steroid dienone is 1. The van der Waals surface area contributed by atoms with Gasteiger partial charge in [-0.3, -0.25) is 0 Å². The van der Waals surface area contributed by atoms with Crippen LogP contribution in [0.25, 0.3) is 0 Å². The van der Waals surface area contributed by atoms with Crippen LogP contribution in [-0.2, 0) is 4.74 Å². The molecule has 0 fully saturated rings. The molecule has 0 saturated carbocycles. The van der Waals surface area contributed by atoms with Crippen molar-refractivity contribution in [3.05, 3.63) is 48.6 Å². The van der Waals surface area contributed by atoms with Gasteiger partial charge in [-0.1, -0.05) is 36.4 Å². The molecule has 3 nitrogen and oxygen atoms in total. The second-order valence-electron chi connectivity index (χ2n) is 3.73. The summed E-state index contributed by atoms with van der Waals surface area (Å²) in [6.45, 7) is 6.49. The zero-order chi connectivity index (χ0) is 12.5. The Kier molecular flexibility index (Phi) is 5.86. The highest BCUT2D eigenvalue weighted by molar-refractivity contribution is 5.67. The first kappa shape index (κ1) is 13.3. The maximum Gasteiger partial charge on any atom is 0.407 e. The fourth-order valence-corrected chi connectivity index (χ4v) is 1.65. The minimum absolute atomic E-state index is 0.248. The average molecular weight is 233 g/mol. The minimum atomic E-state index is -0.363. The van der Waals surface area contributed by atoms with Gasteiger partial charge in [-0.05, 0) is 18.9 Å². The van der Waals surface area contributed by atoms with E-state index in [1.807, 2.05) is 24.3 Å². The quantitative estimate of drug-likeness (QED) is 0.767. The molecule has 0 aliphatic heterocycles. The summed E-state index contributed by atoms with van der Waals surface area (Å²) in [7, 11) is 0. The first-order chi connectivity index (χ1) is 8.27. The molecule has 0 unspecified atom stereocenters. The monoisotopic (exact) mass is 233 g/mol. The summed E-state index contributed by atoms with van der Waals surface area (Å²) in [5.74, 6) is 0.248. The first-order valence-electron chi connectivity index (χ1n) is 5.84. The van der Waals surface area contributed by atoms with Gasteiger partial charge in [-0.25, -0.2) is 4.79 Å². The lowest BCUT2D eigenvalue weighted by atomic mass is 9.96. The van der Waals surface area contributed by atoms with Crippen molar-refractivity contribution in [3.8, 4) is 0 Å². The smallest absolute Gasteiger partial charge is 0.407 e. The number of alkyl carbamates (subject to hydrolysis) is 1. The Morgan fingerprint density at radius 1 is 1.47 bits per heavy atom. The van der Waals surface area contributed by atoms with E-state index in [0.29, 0.717) is 13.2 Å². The van der Waals surface area contributed by atoms with Gasteiger partial charge in [0.05, 0.1) is 6.61 Å². The van der Waals surface area contributed by atoms with E-state index in [2.05, 4.69) is 24.0 Å². The molecule has 1 atom stereocenters. The van der Waals surface area contributed by atoms with Gasteiger partial charge in [0.25, 0.3) is 0 Å². The molecule has 0 aliphatic carbocycles. The molecule has 1 aromatic carbocycles. The molecule has 1 rings (SSSR count). The number of carbonyl (C=O) groups excluding carboxylic acids is 1. The van der Waals surface area contributed by atoms with Gasteiger partial charge in [0.2, 0.25) is 0 Å². The third kappa shape index (κ3) is 4.72. The van der Waals surface area contributed by atoms with Crippen LogP contribution in [0.3, 0.4) is 0 Å². The number of rotatable bonds is 6. The standard InChI is InChI=1S/C14H19NO2/c1-3-8-13(11-15-14(16)17-4-2)12-9-6-5-7-10-12/h3,5-7,9-10,13H,1,4,8,11H2,2H3,(H,15,16)/t13-/m1/s1. The molecular weight excluding hydrogens is 214 g/mol. The Morgan fingerprint density at radius 3 is 2.76 bits per heavy atom. The molecule has 3 heteroatoms. The van der Waals surface area contributed by atoms with Crippen LogP contribution < -0.4 is 5.32 Å². The van der Waals surface area contributed by atoms with Crippen molar-refractivity contribution in [1.29, 1.82) is 0 Å². The number of hydrogen-bond donors (Lipinski definition) is 1. The van der Waals surface area contributed by atoms with Crippen LogP contribution in [0.1, 0.15) is 24.8 Å². The average Bonchev–Trinajstić information content (AvgIpc) is 2.36. The number of amides is 1. The van der Waals surface area contributed by atoms with Crippen molar-refractivity contribution >= 4 is 6.09 Å². The molecular formula is C14H19NO2. The lowest BCUT2D eigenvalue weighted by Crippen LogP contribution is -2.28. The van der Waals surface area contributed by atoms with Gasteiger partial charge >= 0.3 is 6.09 Å². The van der Waals surface area contributed by atoms with Crippen LogP contribution in [0.15, 0.2) is 43.0 Å². The molecule has 1 amide bonds. The van der Waals surface area contributed by atoms with E-state index >= 15 is 0 Å². The molecule has 0 spiro atoms. The molecule has 1 N–H and O–H groups in total. The van der Waals surface area contributed by atoms with Gasteiger partial charge in [0.15, 0.2) is 0 Å². The van der Waals surface area contributed by atoms with Crippen molar-refractivity contribution in [3.63, 3.8) is 0 Å². The lowest BCUT2D eigenvalue weighted by molar-refractivity contribution is 0.151. The Labute approximate surface area is 102 Å². The van der Waals surface area contributed by atoms with Crippen LogP contribution in [0.4, 0.5) is 4.79 Å². The Morgan fingerprint density at radius 2 is 2.18 bits per heavy atom. The molecule has 1 aromatic rings. The van der Waals surface area contributed by atoms with Crippen molar-refractivity contribution in [2.75, 3.05) is 13.2 Å². The summed E-state index contributed by atoms with van der Waals surface area (Å²) in [5, 5.41) is 2.76. The van der Waals surface area contributed by atoms with Gasteiger partial charge in [0.1, 0.15) is 0 Å². The Hall–Kier alpha value is -1.77. The molecule has 0 bridgehead atoms. The molecule has 0 heterocycles. The van der Waals surface area contributed by atoms with Crippen LogP contribution in [-0.4, -0.2) is 19.2 Å². The minimum Gasteiger partial charge on any atom is -0.450 e.